The monoisotopic (exact) mass is 344 g/mol. The highest BCUT2D eigenvalue weighted by Crippen LogP contribution is 2.29. The molecule has 1 aromatic carbocycles. The van der Waals surface area contributed by atoms with Crippen LogP contribution in [0.3, 0.4) is 0 Å². The third-order valence-electron chi connectivity index (χ3n) is 3.34. The van der Waals surface area contributed by atoms with Crippen LogP contribution in [-0.4, -0.2) is 25.2 Å². The van der Waals surface area contributed by atoms with Gasteiger partial charge in [0, 0.05) is 11.6 Å². The maximum atomic E-state index is 12.2. The zero-order chi connectivity index (χ0) is 19.1. The molecule has 5 nitrogen and oxygen atoms in total. The molecule has 1 N–H and O–H groups in total. The molecule has 0 heterocycles. The average Bonchev–Trinajstić information content (AvgIpc) is 2.48. The van der Waals surface area contributed by atoms with E-state index >= 15 is 0 Å². The molecule has 0 radical (unpaired) electrons. The standard InChI is InChI=1S/C20H28N2O3/c1-19(2,3)14-20(4,5)22-18(23)10-8-15-7-9-16(25-12-11-21)17(13-15)24-6/h7-10,13H,12,14H2,1-6H3,(H,22,23)/b10-8+. The first-order valence-corrected chi connectivity index (χ1v) is 8.24. The summed E-state index contributed by atoms with van der Waals surface area (Å²) in [4.78, 5) is 12.2. The normalized spacial score (nSPS) is 11.9. The smallest absolute Gasteiger partial charge is 0.244 e. The van der Waals surface area contributed by atoms with Crippen LogP contribution in [0.4, 0.5) is 0 Å². The second-order valence-electron chi connectivity index (χ2n) is 7.80. The second-order valence-corrected chi connectivity index (χ2v) is 7.80. The van der Waals surface area contributed by atoms with E-state index in [0.29, 0.717) is 11.5 Å². The number of nitriles is 1. The Balaban J connectivity index is 2.78. The number of rotatable bonds is 7. The van der Waals surface area contributed by atoms with Crippen LogP contribution >= 0.6 is 0 Å². The summed E-state index contributed by atoms with van der Waals surface area (Å²) in [5, 5.41) is 11.6. The first-order chi connectivity index (χ1) is 11.6. The number of benzene rings is 1. The van der Waals surface area contributed by atoms with E-state index in [0.717, 1.165) is 12.0 Å². The van der Waals surface area contributed by atoms with Crippen LogP contribution in [0.15, 0.2) is 24.3 Å². The molecule has 0 bridgehead atoms. The molecule has 0 saturated carbocycles. The topological polar surface area (TPSA) is 71.3 Å². The lowest BCUT2D eigenvalue weighted by Gasteiger charge is -2.32. The third kappa shape index (κ3) is 7.75. The van der Waals surface area contributed by atoms with Crippen molar-refractivity contribution in [2.45, 2.75) is 46.6 Å². The summed E-state index contributed by atoms with van der Waals surface area (Å²) in [6, 6.07) is 7.20. The highest BCUT2D eigenvalue weighted by Gasteiger charge is 2.26. The SMILES string of the molecule is COc1cc(/C=C/C(=O)NC(C)(C)CC(C)(C)C)ccc1OCC#N. The van der Waals surface area contributed by atoms with E-state index in [1.54, 1.807) is 24.3 Å². The average molecular weight is 344 g/mol. The van der Waals surface area contributed by atoms with Gasteiger partial charge in [0.05, 0.1) is 7.11 Å². The largest absolute Gasteiger partial charge is 0.493 e. The maximum Gasteiger partial charge on any atom is 0.244 e. The quantitative estimate of drug-likeness (QED) is 0.761. The van der Waals surface area contributed by atoms with Gasteiger partial charge in [0.25, 0.3) is 0 Å². The fourth-order valence-corrected chi connectivity index (χ4v) is 2.93. The van der Waals surface area contributed by atoms with Crippen molar-refractivity contribution in [1.29, 1.82) is 5.26 Å². The Bertz CT molecular complexity index is 664. The Morgan fingerprint density at radius 2 is 1.92 bits per heavy atom. The van der Waals surface area contributed by atoms with Gasteiger partial charge in [-0.2, -0.15) is 5.26 Å². The summed E-state index contributed by atoms with van der Waals surface area (Å²) in [5.41, 5.74) is 0.657. The van der Waals surface area contributed by atoms with Crippen molar-refractivity contribution in [3.8, 4) is 17.6 Å². The van der Waals surface area contributed by atoms with E-state index in [2.05, 4.69) is 26.1 Å². The summed E-state index contributed by atoms with van der Waals surface area (Å²) < 4.78 is 10.5. The molecule has 136 valence electrons. The van der Waals surface area contributed by atoms with Crippen molar-refractivity contribution >= 4 is 12.0 Å². The first-order valence-electron chi connectivity index (χ1n) is 8.24. The molecule has 1 rings (SSSR count). The van der Waals surface area contributed by atoms with Crippen molar-refractivity contribution in [3.05, 3.63) is 29.8 Å². The zero-order valence-corrected chi connectivity index (χ0v) is 16.0. The van der Waals surface area contributed by atoms with Gasteiger partial charge in [0.2, 0.25) is 5.91 Å². The number of carbonyl (C=O) groups is 1. The molecule has 0 atom stereocenters. The number of nitrogens with zero attached hydrogens (tertiary/aromatic N) is 1. The number of nitrogens with one attached hydrogen (secondary N) is 1. The third-order valence-corrected chi connectivity index (χ3v) is 3.34. The van der Waals surface area contributed by atoms with E-state index in [4.69, 9.17) is 14.7 Å². The molecular formula is C20H28N2O3. The second kappa shape index (κ2) is 8.57. The first kappa shape index (κ1) is 20.6. The molecule has 0 unspecified atom stereocenters. The highest BCUT2D eigenvalue weighted by molar-refractivity contribution is 5.92. The van der Waals surface area contributed by atoms with Crippen LogP contribution in [0.1, 0.15) is 46.6 Å². The highest BCUT2D eigenvalue weighted by atomic mass is 16.5. The fraction of sp³-hybridized carbons (Fsp3) is 0.500. The van der Waals surface area contributed by atoms with E-state index in [1.165, 1.54) is 13.2 Å². The molecule has 0 aliphatic carbocycles. The van der Waals surface area contributed by atoms with Crippen molar-refractivity contribution in [3.63, 3.8) is 0 Å². The van der Waals surface area contributed by atoms with Gasteiger partial charge in [0.1, 0.15) is 6.07 Å². The molecule has 1 amide bonds. The molecule has 0 fully saturated rings. The summed E-state index contributed by atoms with van der Waals surface area (Å²) in [6.45, 7) is 10.5. The number of hydrogen-bond acceptors (Lipinski definition) is 4. The van der Waals surface area contributed by atoms with E-state index in [-0.39, 0.29) is 23.5 Å². The van der Waals surface area contributed by atoms with E-state index < -0.39 is 0 Å². The van der Waals surface area contributed by atoms with E-state index in [9.17, 15) is 4.79 Å². The van der Waals surface area contributed by atoms with Crippen molar-refractivity contribution in [2.75, 3.05) is 13.7 Å². The number of hydrogen-bond donors (Lipinski definition) is 1. The molecule has 0 aliphatic heterocycles. The Labute approximate surface area is 150 Å². The number of amides is 1. The Kier molecular flexibility index (Phi) is 7.05. The Morgan fingerprint density at radius 3 is 2.48 bits per heavy atom. The van der Waals surface area contributed by atoms with Crippen LogP contribution < -0.4 is 14.8 Å². The van der Waals surface area contributed by atoms with Crippen molar-refractivity contribution in [2.24, 2.45) is 5.41 Å². The van der Waals surface area contributed by atoms with Gasteiger partial charge in [-0.1, -0.05) is 26.8 Å². The van der Waals surface area contributed by atoms with Gasteiger partial charge in [-0.3, -0.25) is 4.79 Å². The summed E-state index contributed by atoms with van der Waals surface area (Å²) >= 11 is 0. The van der Waals surface area contributed by atoms with Crippen LogP contribution in [-0.2, 0) is 4.79 Å². The van der Waals surface area contributed by atoms with Gasteiger partial charge in [-0.25, -0.2) is 0 Å². The molecule has 0 aromatic heterocycles. The summed E-state index contributed by atoms with van der Waals surface area (Å²) in [5.74, 6) is 0.876. The zero-order valence-electron chi connectivity index (χ0n) is 16.0. The lowest BCUT2D eigenvalue weighted by atomic mass is 9.82. The predicted octanol–water partition coefficient (Wildman–Crippen LogP) is 3.94. The van der Waals surface area contributed by atoms with Crippen LogP contribution in [0.25, 0.3) is 6.08 Å². The molecular weight excluding hydrogens is 316 g/mol. The van der Waals surface area contributed by atoms with Gasteiger partial charge >= 0.3 is 0 Å². The van der Waals surface area contributed by atoms with Gasteiger partial charge in [-0.15, -0.1) is 0 Å². The molecule has 1 aromatic rings. The van der Waals surface area contributed by atoms with E-state index in [1.807, 2.05) is 19.9 Å². The minimum Gasteiger partial charge on any atom is -0.493 e. The van der Waals surface area contributed by atoms with Crippen molar-refractivity contribution < 1.29 is 14.3 Å². The molecule has 25 heavy (non-hydrogen) atoms. The van der Waals surface area contributed by atoms with Gasteiger partial charge in [0.15, 0.2) is 18.1 Å². The minimum absolute atomic E-state index is 0.0448. The minimum atomic E-state index is -0.285. The fourth-order valence-electron chi connectivity index (χ4n) is 2.93. The van der Waals surface area contributed by atoms with Gasteiger partial charge < -0.3 is 14.8 Å². The molecule has 0 aliphatic rings. The number of methoxy groups -OCH3 is 1. The maximum absolute atomic E-state index is 12.2. The van der Waals surface area contributed by atoms with Crippen LogP contribution in [0.5, 0.6) is 11.5 Å². The lowest BCUT2D eigenvalue weighted by Crippen LogP contribution is -2.45. The Hall–Kier alpha value is -2.48. The predicted molar refractivity (Wildman–Crippen MR) is 99.4 cm³/mol. The molecule has 5 heteroatoms. The van der Waals surface area contributed by atoms with Crippen molar-refractivity contribution in [1.82, 2.24) is 5.32 Å². The van der Waals surface area contributed by atoms with Crippen LogP contribution in [0, 0.1) is 16.7 Å². The summed E-state index contributed by atoms with van der Waals surface area (Å²) in [6.07, 6.45) is 4.10. The lowest BCUT2D eigenvalue weighted by molar-refractivity contribution is -0.118. The number of carbonyl (C=O) groups excluding carboxylic acids is 1. The summed E-state index contributed by atoms with van der Waals surface area (Å²) in [7, 11) is 1.53. The number of ether oxygens (including phenoxy) is 2. The molecule has 0 saturated heterocycles. The van der Waals surface area contributed by atoms with Gasteiger partial charge in [-0.05, 0) is 49.5 Å². The molecule has 0 spiro atoms. The van der Waals surface area contributed by atoms with Crippen LogP contribution in [0.2, 0.25) is 0 Å². The Morgan fingerprint density at radius 1 is 1.24 bits per heavy atom.